The van der Waals surface area contributed by atoms with E-state index in [-0.39, 0.29) is 0 Å². The van der Waals surface area contributed by atoms with Gasteiger partial charge in [-0.25, -0.2) is 0 Å². The number of anilines is 6. The van der Waals surface area contributed by atoms with Crippen molar-refractivity contribution in [3.05, 3.63) is 399 Å². The smallest absolute Gasteiger partial charge is 0.0570 e. The molecule has 4 heteroatoms. The summed E-state index contributed by atoms with van der Waals surface area (Å²) in [4.78, 5) is 4.88. The molecule has 0 spiro atoms. The number of aromatic nitrogens is 2. The van der Waals surface area contributed by atoms with Crippen LogP contribution < -0.4 is 9.80 Å². The standard InChI is InChI=1S/C98H70N4/c1-67-91-65-77(47-57-95(91)101(97(67)75-37-17-7-18-38-75)85-53-49-83(50-54-85)99(93-45-25-41-73-35-21-23-43-89(73)93)87-61-79(69-27-9-3-10-28-69)59-80(62-87)70-29-11-4-12-30-70)78-48-58-96-92(66-78)68(2)98(76-39-19-8-20-40-76)102(96)86-55-51-84(52-56-86)100(94-46-26-42-74-36-22-24-44-90(74)94)88-63-81(71-31-13-5-14-32-71)60-82(64-88)72-33-15-6-16-34-72/h3-66H,1-2H3. The molecule has 16 aromatic carbocycles. The predicted octanol–water partition coefficient (Wildman–Crippen LogP) is 27.1. The van der Waals surface area contributed by atoms with Crippen molar-refractivity contribution in [1.29, 1.82) is 0 Å². The van der Waals surface area contributed by atoms with Crippen LogP contribution >= 0.6 is 0 Å². The summed E-state index contributed by atoms with van der Waals surface area (Å²) in [5.74, 6) is 0. The Labute approximate surface area is 595 Å². The van der Waals surface area contributed by atoms with Crippen molar-refractivity contribution in [2.45, 2.75) is 13.8 Å². The molecule has 4 nitrogen and oxygen atoms in total. The van der Waals surface area contributed by atoms with Gasteiger partial charge in [0, 0.05) is 55.7 Å². The van der Waals surface area contributed by atoms with Crippen LogP contribution in [0, 0.1) is 13.8 Å². The SMILES string of the molecule is Cc1c(-c2ccccc2)n(-c2ccc(N(c3cc(-c4ccccc4)cc(-c4ccccc4)c3)c3cccc4ccccc34)cc2)c2ccc(-c3ccc4c(c3)c(C)c(-c3ccccc3)n4-c3ccc(N(c4cc(-c5ccccc5)cc(-c5ccccc5)c4)c4cccc5ccccc45)cc3)cc12. The lowest BCUT2D eigenvalue weighted by Crippen LogP contribution is -2.11. The van der Waals surface area contributed by atoms with Gasteiger partial charge in [-0.1, -0.05) is 267 Å². The van der Waals surface area contributed by atoms with E-state index in [1.165, 1.54) is 77.1 Å². The average molecular weight is 1300 g/mol. The van der Waals surface area contributed by atoms with Crippen molar-refractivity contribution in [2.24, 2.45) is 0 Å². The average Bonchev–Trinajstić information content (AvgIpc) is 1.53. The molecule has 0 aliphatic rings. The van der Waals surface area contributed by atoms with E-state index < -0.39 is 0 Å². The minimum atomic E-state index is 1.06. The van der Waals surface area contributed by atoms with Crippen molar-refractivity contribution in [3.63, 3.8) is 0 Å². The fraction of sp³-hybridized carbons (Fsp3) is 0.0204. The number of benzene rings is 16. The number of rotatable bonds is 15. The van der Waals surface area contributed by atoms with E-state index in [1.807, 2.05) is 0 Å². The van der Waals surface area contributed by atoms with Crippen LogP contribution in [-0.4, -0.2) is 9.13 Å². The molecular weight excluding hydrogens is 1230 g/mol. The Hall–Kier alpha value is -13.3. The number of aryl methyl sites for hydroxylation is 2. The third-order valence-corrected chi connectivity index (χ3v) is 20.4. The van der Waals surface area contributed by atoms with Crippen LogP contribution in [0.1, 0.15) is 11.1 Å². The first kappa shape index (κ1) is 61.1. The van der Waals surface area contributed by atoms with E-state index in [0.29, 0.717) is 0 Å². The summed E-state index contributed by atoms with van der Waals surface area (Å²) in [6, 6.07) is 142. The summed E-state index contributed by atoms with van der Waals surface area (Å²) in [7, 11) is 0. The fourth-order valence-electron chi connectivity index (χ4n) is 15.5. The largest absolute Gasteiger partial charge is 0.310 e. The molecule has 2 heterocycles. The molecular formula is C98H70N4. The second-order valence-electron chi connectivity index (χ2n) is 26.5. The minimum absolute atomic E-state index is 1.06. The van der Waals surface area contributed by atoms with Gasteiger partial charge in [0.1, 0.15) is 0 Å². The molecule has 482 valence electrons. The predicted molar refractivity (Wildman–Crippen MR) is 432 cm³/mol. The highest BCUT2D eigenvalue weighted by atomic mass is 15.2. The summed E-state index contributed by atoms with van der Waals surface area (Å²) in [6.07, 6.45) is 0. The Kier molecular flexibility index (Phi) is 15.7. The molecule has 18 rings (SSSR count). The van der Waals surface area contributed by atoms with Gasteiger partial charge in [0.05, 0.1) is 33.8 Å². The van der Waals surface area contributed by atoms with Crippen LogP contribution in [0.25, 0.3) is 133 Å². The van der Waals surface area contributed by atoms with E-state index in [9.17, 15) is 0 Å². The summed E-state index contributed by atoms with van der Waals surface area (Å²) in [5, 5.41) is 7.15. The maximum absolute atomic E-state index is 2.47. The Morgan fingerprint density at radius 2 is 0.490 bits per heavy atom. The quantitative estimate of drug-likeness (QED) is 0.102. The van der Waals surface area contributed by atoms with Gasteiger partial charge in [0.2, 0.25) is 0 Å². The van der Waals surface area contributed by atoms with E-state index in [1.54, 1.807) is 0 Å². The Morgan fingerprint density at radius 3 is 0.824 bits per heavy atom. The monoisotopic (exact) mass is 1300 g/mol. The molecule has 0 atom stereocenters. The van der Waals surface area contributed by atoms with Crippen LogP contribution in [0.2, 0.25) is 0 Å². The lowest BCUT2D eigenvalue weighted by Gasteiger charge is -2.28. The molecule has 18 aromatic rings. The fourth-order valence-corrected chi connectivity index (χ4v) is 15.5. The van der Waals surface area contributed by atoms with Crippen molar-refractivity contribution in [1.82, 2.24) is 9.13 Å². The van der Waals surface area contributed by atoms with Crippen molar-refractivity contribution in [2.75, 3.05) is 9.80 Å². The molecule has 0 N–H and O–H groups in total. The van der Waals surface area contributed by atoms with Crippen LogP contribution in [0.3, 0.4) is 0 Å². The van der Waals surface area contributed by atoms with Crippen molar-refractivity contribution in [3.8, 4) is 89.5 Å². The third-order valence-electron chi connectivity index (χ3n) is 20.4. The first-order chi connectivity index (χ1) is 50.4. The summed E-state index contributed by atoms with van der Waals surface area (Å²) < 4.78 is 4.94. The molecule has 0 amide bonds. The second-order valence-corrected chi connectivity index (χ2v) is 26.5. The zero-order chi connectivity index (χ0) is 68.0. The number of hydrogen-bond acceptors (Lipinski definition) is 2. The summed E-state index contributed by atoms with van der Waals surface area (Å²) >= 11 is 0. The molecule has 0 bridgehead atoms. The van der Waals surface area contributed by atoms with Gasteiger partial charge in [0.25, 0.3) is 0 Å². The summed E-state index contributed by atoms with van der Waals surface area (Å²) in [6.45, 7) is 4.59. The number of hydrogen-bond donors (Lipinski definition) is 0. The normalized spacial score (nSPS) is 11.4. The Morgan fingerprint density at radius 1 is 0.196 bits per heavy atom. The first-order valence-electron chi connectivity index (χ1n) is 35.1. The molecule has 2 aromatic heterocycles. The highest BCUT2D eigenvalue weighted by molar-refractivity contribution is 6.04. The molecule has 0 saturated heterocycles. The van der Waals surface area contributed by atoms with Crippen LogP contribution in [0.15, 0.2) is 388 Å². The zero-order valence-corrected chi connectivity index (χ0v) is 56.7. The minimum Gasteiger partial charge on any atom is -0.310 e. The maximum Gasteiger partial charge on any atom is 0.0570 e. The molecule has 0 fully saturated rings. The Balaban J connectivity index is 0.746. The highest BCUT2D eigenvalue weighted by Crippen LogP contribution is 2.48. The van der Waals surface area contributed by atoms with Gasteiger partial charge in [0.15, 0.2) is 0 Å². The molecule has 0 aliphatic heterocycles. The molecule has 0 unspecified atom stereocenters. The van der Waals surface area contributed by atoms with Crippen molar-refractivity contribution < 1.29 is 0 Å². The van der Waals surface area contributed by atoms with Crippen LogP contribution in [-0.2, 0) is 0 Å². The lowest BCUT2D eigenvalue weighted by molar-refractivity contribution is 1.12. The molecule has 0 aliphatic carbocycles. The second kappa shape index (κ2) is 26.2. The van der Waals surface area contributed by atoms with Crippen molar-refractivity contribution >= 4 is 77.5 Å². The Bertz CT molecular complexity index is 5600. The molecule has 102 heavy (non-hydrogen) atoms. The van der Waals surface area contributed by atoms with Gasteiger partial charge >= 0.3 is 0 Å². The van der Waals surface area contributed by atoms with Gasteiger partial charge < -0.3 is 18.9 Å². The zero-order valence-electron chi connectivity index (χ0n) is 56.7. The number of nitrogens with zero attached hydrogens (tertiary/aromatic N) is 4. The maximum atomic E-state index is 2.47. The highest BCUT2D eigenvalue weighted by Gasteiger charge is 2.25. The first-order valence-corrected chi connectivity index (χ1v) is 35.1. The van der Waals surface area contributed by atoms with Gasteiger partial charge in [-0.2, -0.15) is 0 Å². The number of fused-ring (bicyclic) bond motifs is 4. The van der Waals surface area contributed by atoms with Gasteiger partial charge in [-0.05, 0) is 224 Å². The van der Waals surface area contributed by atoms with Gasteiger partial charge in [-0.3, -0.25) is 0 Å². The van der Waals surface area contributed by atoms with E-state index in [2.05, 4.69) is 421 Å². The van der Waals surface area contributed by atoms with E-state index in [0.717, 1.165) is 101 Å². The van der Waals surface area contributed by atoms with Crippen LogP contribution in [0.5, 0.6) is 0 Å². The topological polar surface area (TPSA) is 16.3 Å². The van der Waals surface area contributed by atoms with Gasteiger partial charge in [-0.15, -0.1) is 0 Å². The lowest BCUT2D eigenvalue weighted by atomic mass is 9.97. The van der Waals surface area contributed by atoms with Crippen LogP contribution in [0.4, 0.5) is 34.1 Å². The van der Waals surface area contributed by atoms with E-state index in [4.69, 9.17) is 0 Å². The third kappa shape index (κ3) is 11.2. The molecule has 0 radical (unpaired) electrons. The van der Waals surface area contributed by atoms with E-state index >= 15 is 0 Å². The molecule has 0 saturated carbocycles. The summed E-state index contributed by atoms with van der Waals surface area (Å²) in [5.41, 5.74) is 29.7.